The second-order valence-corrected chi connectivity index (χ2v) is 17.6. The van der Waals surface area contributed by atoms with E-state index in [1.807, 2.05) is 46.8 Å². The number of aliphatic hydroxyl groups excluding tert-OH is 1. The van der Waals surface area contributed by atoms with E-state index in [-0.39, 0.29) is 72.2 Å². The van der Waals surface area contributed by atoms with Crippen molar-refractivity contribution in [3.63, 3.8) is 0 Å². The highest BCUT2D eigenvalue weighted by Crippen LogP contribution is 2.68. The van der Waals surface area contributed by atoms with Crippen molar-refractivity contribution in [2.24, 2.45) is 11.8 Å². The van der Waals surface area contributed by atoms with Crippen LogP contribution in [0.25, 0.3) is 0 Å². The smallest absolute Gasteiger partial charge is 0.333 e. The Hall–Kier alpha value is -4.03. The van der Waals surface area contributed by atoms with Gasteiger partial charge in [0.1, 0.15) is 29.4 Å². The van der Waals surface area contributed by atoms with Gasteiger partial charge < -0.3 is 29.5 Å². The summed E-state index contributed by atoms with van der Waals surface area (Å²) >= 11 is 0. The minimum absolute atomic E-state index is 0.00936. The standard InChI is InChI=1S/C46H62N2O9/c1-28(2)10-9-11-30(5)13-15-33-38(50)34(14-12-29(3)4)41-37(39(33)51)40(52)35-26-32-27-36-44(7,8)57-45(42(32)53,46(35,36)56-41)17-16-31(6)43(54)55-25-23-48-20-18-47(19-21-48)22-24-49/h10,12-13,16,26,32,36,49-51H,9,11,14-15,17-25,27H2,1-8H3/b30-13+,31-16-/t32-,36+,45+,46-/m1/s1. The second-order valence-electron chi connectivity index (χ2n) is 17.6. The van der Waals surface area contributed by atoms with Crippen LogP contribution in [0.2, 0.25) is 0 Å². The highest BCUT2D eigenvalue weighted by atomic mass is 16.6. The number of carbonyl (C=O) groups is 3. The van der Waals surface area contributed by atoms with Crippen LogP contribution in [0.5, 0.6) is 17.2 Å². The average Bonchev–Trinajstić information content (AvgIpc) is 3.31. The largest absolute Gasteiger partial charge is 0.507 e. The van der Waals surface area contributed by atoms with Gasteiger partial charge in [-0.3, -0.25) is 19.4 Å². The van der Waals surface area contributed by atoms with E-state index in [1.54, 1.807) is 19.1 Å². The molecule has 0 unspecified atom stereocenters. The first-order valence-corrected chi connectivity index (χ1v) is 20.6. The molecule has 0 amide bonds. The molecule has 1 aromatic carbocycles. The van der Waals surface area contributed by atoms with E-state index in [2.05, 4.69) is 29.7 Å². The van der Waals surface area contributed by atoms with Crippen LogP contribution in [-0.2, 0) is 31.9 Å². The summed E-state index contributed by atoms with van der Waals surface area (Å²) in [4.78, 5) is 47.3. The Balaban J connectivity index is 1.33. The Kier molecular flexibility index (Phi) is 12.5. The lowest BCUT2D eigenvalue weighted by molar-refractivity contribution is -0.171. The number of carbonyl (C=O) groups excluding carboxylic acids is 3. The SMILES string of the molecule is CC(C)=CCC/C(C)=C/Cc1c(O)c(CC=C(C)C)c2c(c1O)C(=O)C1=C[C@@H]3C[C@H]4C(C)(C)O[C@@](C/C=C(/C)C(=O)OCCN5CCN(CCO)CC5)(C3=O)[C@@]14O2. The molecule has 310 valence electrons. The Bertz CT molecular complexity index is 1940. The summed E-state index contributed by atoms with van der Waals surface area (Å²) in [6, 6.07) is 0. The van der Waals surface area contributed by atoms with Gasteiger partial charge in [0, 0.05) is 79.8 Å². The van der Waals surface area contributed by atoms with E-state index in [0.29, 0.717) is 30.6 Å². The Morgan fingerprint density at radius 1 is 0.895 bits per heavy atom. The van der Waals surface area contributed by atoms with E-state index in [9.17, 15) is 29.7 Å². The fourth-order valence-electron chi connectivity index (χ4n) is 9.56. The van der Waals surface area contributed by atoms with Crippen molar-refractivity contribution in [1.29, 1.82) is 0 Å². The van der Waals surface area contributed by atoms with Gasteiger partial charge in [0.05, 0.1) is 12.2 Å². The lowest BCUT2D eigenvalue weighted by Gasteiger charge is -2.56. The topological polar surface area (TPSA) is 146 Å². The minimum atomic E-state index is -1.65. The fraction of sp³-hybridized carbons (Fsp3) is 0.587. The number of rotatable bonds is 15. The van der Waals surface area contributed by atoms with Crippen molar-refractivity contribution in [3.05, 3.63) is 74.9 Å². The molecule has 1 spiro atoms. The summed E-state index contributed by atoms with van der Waals surface area (Å²) < 4.78 is 19.6. The maximum Gasteiger partial charge on any atom is 0.333 e. The van der Waals surface area contributed by atoms with Gasteiger partial charge in [0.15, 0.2) is 22.8 Å². The zero-order valence-corrected chi connectivity index (χ0v) is 35.1. The van der Waals surface area contributed by atoms with Crippen LogP contribution in [-0.4, -0.2) is 112 Å². The van der Waals surface area contributed by atoms with E-state index >= 15 is 0 Å². The molecule has 3 N–H and O–H groups in total. The number of aliphatic hydroxyl groups is 1. The van der Waals surface area contributed by atoms with Gasteiger partial charge in [-0.05, 0) is 87.5 Å². The number of phenolic OH excluding ortho intramolecular Hbond substituents is 2. The van der Waals surface area contributed by atoms with Gasteiger partial charge in [-0.1, -0.05) is 47.1 Å². The number of Topliss-reactive ketones (excluding diaryl/α,β-unsaturated/α-hetero) is 2. The number of esters is 1. The summed E-state index contributed by atoms with van der Waals surface area (Å²) in [5.74, 6) is -2.59. The zero-order valence-electron chi connectivity index (χ0n) is 35.1. The predicted molar refractivity (Wildman–Crippen MR) is 219 cm³/mol. The number of hydrogen-bond donors (Lipinski definition) is 3. The van der Waals surface area contributed by atoms with Crippen LogP contribution in [0.1, 0.15) is 103 Å². The summed E-state index contributed by atoms with van der Waals surface area (Å²) in [5.41, 5.74) is 0.432. The average molecular weight is 787 g/mol. The summed E-state index contributed by atoms with van der Waals surface area (Å²) in [6.07, 6.45) is 12.0. The number of allylic oxidation sites excluding steroid dienone is 7. The van der Waals surface area contributed by atoms with Gasteiger partial charge in [0.25, 0.3) is 0 Å². The molecule has 57 heavy (non-hydrogen) atoms. The molecule has 1 aromatic rings. The molecule has 3 aliphatic carbocycles. The number of phenols is 2. The Labute approximate surface area is 337 Å². The molecule has 4 atom stereocenters. The maximum absolute atomic E-state index is 15.0. The van der Waals surface area contributed by atoms with E-state index < -0.39 is 40.4 Å². The monoisotopic (exact) mass is 786 g/mol. The zero-order chi connectivity index (χ0) is 41.4. The normalized spacial score (nSPS) is 26.7. The number of hydrogen-bond acceptors (Lipinski definition) is 11. The van der Waals surface area contributed by atoms with E-state index in [1.165, 1.54) is 5.57 Å². The van der Waals surface area contributed by atoms with Crippen LogP contribution in [0.3, 0.4) is 0 Å². The van der Waals surface area contributed by atoms with Crippen molar-refractivity contribution < 1.29 is 43.9 Å². The van der Waals surface area contributed by atoms with E-state index in [0.717, 1.165) is 50.2 Å². The molecule has 0 aromatic heterocycles. The molecule has 1 saturated carbocycles. The molecule has 3 heterocycles. The Morgan fingerprint density at radius 2 is 1.54 bits per heavy atom. The third kappa shape index (κ3) is 7.80. The van der Waals surface area contributed by atoms with Crippen LogP contribution in [0, 0.1) is 11.8 Å². The summed E-state index contributed by atoms with van der Waals surface area (Å²) in [6.45, 7) is 20.4. The fourth-order valence-corrected chi connectivity index (χ4v) is 9.56. The number of β-amino-alcohol motifs (C(OH)–C–C–N with tert-alkyl or cyclic N) is 1. The number of piperazine rings is 1. The highest BCUT2D eigenvalue weighted by Gasteiger charge is 2.81. The van der Waals surface area contributed by atoms with Gasteiger partial charge >= 0.3 is 5.97 Å². The lowest BCUT2D eigenvalue weighted by atomic mass is 9.51. The van der Waals surface area contributed by atoms with Crippen molar-refractivity contribution in [2.75, 3.05) is 52.5 Å². The van der Waals surface area contributed by atoms with Crippen molar-refractivity contribution in [2.45, 2.75) is 111 Å². The summed E-state index contributed by atoms with van der Waals surface area (Å²) in [7, 11) is 0. The number of ether oxygens (including phenoxy) is 3. The number of benzene rings is 1. The van der Waals surface area contributed by atoms with Crippen molar-refractivity contribution in [1.82, 2.24) is 9.80 Å². The van der Waals surface area contributed by atoms with Crippen LogP contribution < -0.4 is 4.74 Å². The summed E-state index contributed by atoms with van der Waals surface area (Å²) in [5, 5.41) is 33.0. The predicted octanol–water partition coefficient (Wildman–Crippen LogP) is 6.34. The molecule has 2 saturated heterocycles. The third-order valence-electron chi connectivity index (χ3n) is 12.7. The molecule has 11 nitrogen and oxygen atoms in total. The molecular weight excluding hydrogens is 725 g/mol. The van der Waals surface area contributed by atoms with Crippen LogP contribution in [0.15, 0.2) is 58.2 Å². The molecule has 11 heteroatoms. The van der Waals surface area contributed by atoms with Crippen molar-refractivity contribution in [3.8, 4) is 17.2 Å². The van der Waals surface area contributed by atoms with E-state index in [4.69, 9.17) is 14.2 Å². The first-order valence-electron chi connectivity index (χ1n) is 20.6. The first kappa shape index (κ1) is 42.6. The molecule has 3 fully saturated rings. The first-order chi connectivity index (χ1) is 27.0. The molecular formula is C46H62N2O9. The van der Waals surface area contributed by atoms with Gasteiger partial charge in [-0.25, -0.2) is 4.79 Å². The molecule has 0 radical (unpaired) electrons. The van der Waals surface area contributed by atoms with Crippen LogP contribution in [0.4, 0.5) is 0 Å². The number of ketones is 2. The molecule has 3 aliphatic heterocycles. The van der Waals surface area contributed by atoms with Crippen LogP contribution >= 0.6 is 0 Å². The minimum Gasteiger partial charge on any atom is -0.507 e. The van der Waals surface area contributed by atoms with Gasteiger partial charge in [0.2, 0.25) is 0 Å². The van der Waals surface area contributed by atoms with Gasteiger partial charge in [-0.15, -0.1) is 0 Å². The third-order valence-corrected chi connectivity index (χ3v) is 12.7. The molecule has 4 bridgehead atoms. The number of nitrogens with zero attached hydrogens (tertiary/aromatic N) is 2. The van der Waals surface area contributed by atoms with Crippen molar-refractivity contribution >= 4 is 17.5 Å². The second kappa shape index (κ2) is 16.7. The Morgan fingerprint density at radius 3 is 2.19 bits per heavy atom. The quantitative estimate of drug-likeness (QED) is 0.104. The van der Waals surface area contributed by atoms with Gasteiger partial charge in [-0.2, -0.15) is 0 Å². The molecule has 6 aliphatic rings. The lowest BCUT2D eigenvalue weighted by Crippen LogP contribution is -2.72. The number of aromatic hydroxyl groups is 2. The molecule has 7 rings (SSSR count). The number of fused-ring (bicyclic) bond motifs is 1. The highest BCUT2D eigenvalue weighted by molar-refractivity contribution is 6.18. The maximum atomic E-state index is 15.0.